The Morgan fingerprint density at radius 3 is 2.43 bits per heavy atom. The second-order valence-electron chi connectivity index (χ2n) is 9.38. The lowest BCUT2D eigenvalue weighted by atomic mass is 9.99. The van der Waals surface area contributed by atoms with Crippen molar-refractivity contribution in [3.8, 4) is 16.9 Å². The van der Waals surface area contributed by atoms with Gasteiger partial charge < -0.3 is 25.3 Å². The van der Waals surface area contributed by atoms with Crippen LogP contribution in [0.25, 0.3) is 22.0 Å². The third-order valence-corrected chi connectivity index (χ3v) is 6.20. The number of carboxylic acid groups (broad SMARTS) is 1. The molecule has 0 aliphatic carbocycles. The number of aliphatic hydroxyl groups is 1. The molecule has 37 heavy (non-hydrogen) atoms. The molecule has 0 unspecified atom stereocenters. The van der Waals surface area contributed by atoms with Gasteiger partial charge >= 0.3 is 5.97 Å². The van der Waals surface area contributed by atoms with Gasteiger partial charge in [0.05, 0.1) is 24.3 Å². The number of carboxylic acids is 1. The Hall–Kier alpha value is -4.10. The Kier molecular flexibility index (Phi) is 8.25. The van der Waals surface area contributed by atoms with Crippen molar-refractivity contribution in [2.24, 2.45) is 0 Å². The van der Waals surface area contributed by atoms with Crippen molar-refractivity contribution in [1.29, 1.82) is 0 Å². The van der Waals surface area contributed by atoms with Crippen LogP contribution in [-0.2, 0) is 17.6 Å². The molecule has 0 spiro atoms. The summed E-state index contributed by atoms with van der Waals surface area (Å²) in [6, 6.07) is 20.6. The molecule has 1 aromatic heterocycles. The monoisotopic (exact) mass is 500 g/mol. The molecule has 4 aromatic rings. The second-order valence-corrected chi connectivity index (χ2v) is 9.38. The Balaban J connectivity index is 1.56. The highest BCUT2D eigenvalue weighted by molar-refractivity contribution is 5.98. The van der Waals surface area contributed by atoms with E-state index in [2.05, 4.69) is 10.3 Å². The van der Waals surface area contributed by atoms with Gasteiger partial charge in [-0.15, -0.1) is 0 Å². The predicted octanol–water partition coefficient (Wildman–Crippen LogP) is 4.97. The van der Waals surface area contributed by atoms with Crippen molar-refractivity contribution in [3.63, 3.8) is 0 Å². The number of benzene rings is 3. The van der Waals surface area contributed by atoms with Gasteiger partial charge in [-0.05, 0) is 67.1 Å². The summed E-state index contributed by atoms with van der Waals surface area (Å²) in [6.45, 7) is 3.60. The molecule has 0 saturated carbocycles. The van der Waals surface area contributed by atoms with E-state index >= 15 is 0 Å². The third-order valence-electron chi connectivity index (χ3n) is 6.20. The summed E-state index contributed by atoms with van der Waals surface area (Å²) in [6.07, 6.45) is 2.81. The number of fused-ring (bicyclic) bond motifs is 1. The molecule has 192 valence electrons. The van der Waals surface area contributed by atoms with Gasteiger partial charge in [0.1, 0.15) is 5.75 Å². The van der Waals surface area contributed by atoms with E-state index in [0.717, 1.165) is 33.2 Å². The summed E-state index contributed by atoms with van der Waals surface area (Å²) in [7, 11) is 0. The number of H-pyrrole nitrogens is 1. The van der Waals surface area contributed by atoms with E-state index in [9.17, 15) is 14.7 Å². The second kappa shape index (κ2) is 11.8. The molecule has 7 nitrogen and oxygen atoms in total. The van der Waals surface area contributed by atoms with E-state index < -0.39 is 12.0 Å². The number of carbonyl (C=O) groups excluding carboxylic acids is 1. The summed E-state index contributed by atoms with van der Waals surface area (Å²) >= 11 is 0. The van der Waals surface area contributed by atoms with E-state index in [1.807, 2.05) is 74.6 Å². The number of aliphatic hydroxyl groups excluding tert-OH is 1. The average Bonchev–Trinajstić information content (AvgIpc) is 3.30. The highest BCUT2D eigenvalue weighted by atomic mass is 16.5. The first-order chi connectivity index (χ1) is 17.8. The number of para-hydroxylation sites is 1. The molecule has 0 bridgehead atoms. The van der Waals surface area contributed by atoms with Crippen molar-refractivity contribution in [1.82, 2.24) is 10.3 Å². The Labute approximate surface area is 216 Å². The van der Waals surface area contributed by atoms with Crippen LogP contribution in [0.1, 0.15) is 41.8 Å². The van der Waals surface area contributed by atoms with Crippen LogP contribution in [0.3, 0.4) is 0 Å². The maximum absolute atomic E-state index is 13.4. The van der Waals surface area contributed by atoms with Gasteiger partial charge in [0.15, 0.2) is 0 Å². The summed E-state index contributed by atoms with van der Waals surface area (Å²) < 4.78 is 5.93. The molecule has 1 amide bonds. The number of rotatable bonds is 11. The fourth-order valence-corrected chi connectivity index (χ4v) is 4.35. The SMILES string of the molecule is CC(C)Oc1ccc(-c2ccc(CCC(=O)O)cc2)cc1C(=O)N[C@@H](CO)Cc1c[nH]c2ccccc12. The summed E-state index contributed by atoms with van der Waals surface area (Å²) in [4.78, 5) is 27.5. The normalized spacial score (nSPS) is 12.0. The van der Waals surface area contributed by atoms with Crippen LogP contribution in [0.2, 0.25) is 0 Å². The standard InChI is InChI=1S/C30H32N2O5/c1-19(2)37-28-13-12-22(21-10-7-20(8-11-21)9-14-29(34)35)16-26(28)30(36)32-24(18-33)15-23-17-31-27-6-4-3-5-25(23)27/h3-8,10-13,16-17,19,24,31,33H,9,14-15,18H2,1-2H3,(H,32,36)(H,34,35)/t24-/m1/s1. The molecule has 0 aliphatic rings. The van der Waals surface area contributed by atoms with E-state index in [0.29, 0.717) is 24.2 Å². The minimum atomic E-state index is -0.827. The van der Waals surface area contributed by atoms with Gasteiger partial charge in [-0.1, -0.05) is 48.5 Å². The van der Waals surface area contributed by atoms with E-state index in [1.54, 1.807) is 12.1 Å². The molecule has 3 aromatic carbocycles. The predicted molar refractivity (Wildman–Crippen MR) is 144 cm³/mol. The molecule has 0 radical (unpaired) electrons. The van der Waals surface area contributed by atoms with Crippen molar-refractivity contribution >= 4 is 22.8 Å². The molecule has 4 rings (SSSR count). The van der Waals surface area contributed by atoms with Crippen LogP contribution in [0.15, 0.2) is 72.9 Å². The third kappa shape index (κ3) is 6.57. The van der Waals surface area contributed by atoms with Crippen molar-refractivity contribution < 1.29 is 24.5 Å². The highest BCUT2D eigenvalue weighted by Crippen LogP contribution is 2.28. The fourth-order valence-electron chi connectivity index (χ4n) is 4.35. The molecule has 1 atom stereocenters. The van der Waals surface area contributed by atoms with Gasteiger partial charge in [0, 0.05) is 23.5 Å². The number of nitrogens with one attached hydrogen (secondary N) is 2. The van der Waals surface area contributed by atoms with E-state index in [-0.39, 0.29) is 25.0 Å². The molecule has 0 saturated heterocycles. The van der Waals surface area contributed by atoms with Gasteiger partial charge in [0.25, 0.3) is 5.91 Å². The summed E-state index contributed by atoms with van der Waals surface area (Å²) in [5, 5.41) is 23.0. The number of carbonyl (C=O) groups is 2. The number of aromatic amines is 1. The van der Waals surface area contributed by atoms with Gasteiger partial charge in [-0.2, -0.15) is 0 Å². The molecular formula is C30H32N2O5. The highest BCUT2D eigenvalue weighted by Gasteiger charge is 2.20. The summed E-state index contributed by atoms with van der Waals surface area (Å²) in [5.74, 6) is -0.682. The van der Waals surface area contributed by atoms with Gasteiger partial charge in [-0.3, -0.25) is 9.59 Å². The maximum atomic E-state index is 13.4. The molecule has 0 aliphatic heterocycles. The first-order valence-electron chi connectivity index (χ1n) is 12.4. The molecule has 4 N–H and O–H groups in total. The van der Waals surface area contributed by atoms with Crippen LogP contribution in [0.4, 0.5) is 0 Å². The minimum Gasteiger partial charge on any atom is -0.490 e. The Morgan fingerprint density at radius 2 is 1.73 bits per heavy atom. The Bertz CT molecular complexity index is 1370. The number of aryl methyl sites for hydroxylation is 1. The largest absolute Gasteiger partial charge is 0.490 e. The molecule has 1 heterocycles. The quantitative estimate of drug-likeness (QED) is 0.232. The molecule has 0 fully saturated rings. The maximum Gasteiger partial charge on any atom is 0.303 e. The lowest BCUT2D eigenvalue weighted by Gasteiger charge is -2.19. The van der Waals surface area contributed by atoms with Crippen LogP contribution in [0, 0.1) is 0 Å². The van der Waals surface area contributed by atoms with Crippen molar-refractivity contribution in [2.75, 3.05) is 6.61 Å². The zero-order valence-electron chi connectivity index (χ0n) is 21.0. The van der Waals surface area contributed by atoms with Crippen molar-refractivity contribution in [2.45, 2.75) is 45.3 Å². The lowest BCUT2D eigenvalue weighted by molar-refractivity contribution is -0.136. The first kappa shape index (κ1) is 26.0. The number of amides is 1. The number of hydrogen-bond donors (Lipinski definition) is 4. The zero-order chi connectivity index (χ0) is 26.4. The fraction of sp³-hybridized carbons (Fsp3) is 0.267. The van der Waals surface area contributed by atoms with Crippen LogP contribution < -0.4 is 10.1 Å². The number of aliphatic carboxylic acids is 1. The van der Waals surface area contributed by atoms with Gasteiger partial charge in [0.2, 0.25) is 0 Å². The van der Waals surface area contributed by atoms with Crippen LogP contribution in [-0.4, -0.2) is 45.8 Å². The van der Waals surface area contributed by atoms with E-state index in [4.69, 9.17) is 9.84 Å². The smallest absolute Gasteiger partial charge is 0.303 e. The topological polar surface area (TPSA) is 112 Å². The Morgan fingerprint density at radius 1 is 1.00 bits per heavy atom. The average molecular weight is 501 g/mol. The molecule has 7 heteroatoms. The number of ether oxygens (including phenoxy) is 1. The first-order valence-corrected chi connectivity index (χ1v) is 12.4. The van der Waals surface area contributed by atoms with Crippen molar-refractivity contribution in [3.05, 3.63) is 89.6 Å². The number of hydrogen-bond acceptors (Lipinski definition) is 4. The lowest BCUT2D eigenvalue weighted by Crippen LogP contribution is -2.39. The van der Waals surface area contributed by atoms with Crippen LogP contribution >= 0.6 is 0 Å². The minimum absolute atomic E-state index is 0.0788. The van der Waals surface area contributed by atoms with Crippen LogP contribution in [0.5, 0.6) is 5.75 Å². The van der Waals surface area contributed by atoms with Gasteiger partial charge in [-0.25, -0.2) is 0 Å². The summed E-state index contributed by atoms with van der Waals surface area (Å²) in [5.41, 5.74) is 5.09. The number of aromatic nitrogens is 1. The zero-order valence-corrected chi connectivity index (χ0v) is 21.0. The molecular weight excluding hydrogens is 468 g/mol. The van der Waals surface area contributed by atoms with E-state index in [1.165, 1.54) is 0 Å².